The van der Waals surface area contributed by atoms with Crippen molar-refractivity contribution < 1.29 is 9.47 Å². The Labute approximate surface area is 170 Å². The van der Waals surface area contributed by atoms with Crippen molar-refractivity contribution in [3.8, 4) is 0 Å². The Morgan fingerprint density at radius 1 is 1.32 bits per heavy atom. The minimum atomic E-state index is 0. The number of hydrogen-bond acceptors (Lipinski definition) is 4. The van der Waals surface area contributed by atoms with Gasteiger partial charge in [-0.25, -0.2) is 0 Å². The van der Waals surface area contributed by atoms with Crippen molar-refractivity contribution in [2.24, 2.45) is 10.4 Å². The highest BCUT2D eigenvalue weighted by atomic mass is 127. The first kappa shape index (κ1) is 22.9. The molecule has 0 aromatic carbocycles. The molecule has 7 heteroatoms. The number of ether oxygens (including phenoxy) is 2. The van der Waals surface area contributed by atoms with E-state index >= 15 is 0 Å². The van der Waals surface area contributed by atoms with E-state index in [4.69, 9.17) is 14.5 Å². The number of morpholine rings is 1. The number of guanidine groups is 1. The molecule has 0 amide bonds. The van der Waals surface area contributed by atoms with E-state index in [0.29, 0.717) is 5.41 Å². The molecule has 1 saturated carbocycles. The summed E-state index contributed by atoms with van der Waals surface area (Å²) in [4.78, 5) is 7.21. The van der Waals surface area contributed by atoms with Crippen LogP contribution in [0.1, 0.15) is 39.0 Å². The Hall–Kier alpha value is -0.120. The number of methoxy groups -OCH3 is 1. The lowest BCUT2D eigenvalue weighted by atomic mass is 9.83. The van der Waals surface area contributed by atoms with E-state index in [1.54, 1.807) is 7.11 Å². The predicted molar refractivity (Wildman–Crippen MR) is 114 cm³/mol. The maximum Gasteiger partial charge on any atom is 0.191 e. The Balaban J connectivity index is 0.00000312. The molecule has 1 saturated heterocycles. The largest absolute Gasteiger partial charge is 0.385 e. The zero-order valence-corrected chi connectivity index (χ0v) is 18.5. The van der Waals surface area contributed by atoms with Crippen LogP contribution in [0.15, 0.2) is 4.99 Å². The van der Waals surface area contributed by atoms with Gasteiger partial charge in [-0.3, -0.25) is 4.99 Å². The molecule has 2 rings (SSSR count). The molecule has 0 aromatic rings. The second kappa shape index (κ2) is 12.3. The molecule has 1 heterocycles. The third-order valence-corrected chi connectivity index (χ3v) is 5.26. The van der Waals surface area contributed by atoms with E-state index in [2.05, 4.69) is 29.5 Å². The molecule has 6 nitrogen and oxygen atoms in total. The van der Waals surface area contributed by atoms with Crippen molar-refractivity contribution in [2.45, 2.75) is 45.1 Å². The minimum Gasteiger partial charge on any atom is -0.385 e. The van der Waals surface area contributed by atoms with Gasteiger partial charge in [0.15, 0.2) is 5.96 Å². The van der Waals surface area contributed by atoms with Crippen molar-refractivity contribution in [3.63, 3.8) is 0 Å². The highest BCUT2D eigenvalue weighted by molar-refractivity contribution is 14.0. The summed E-state index contributed by atoms with van der Waals surface area (Å²) in [6, 6.07) is 0. The minimum absolute atomic E-state index is 0. The standard InChI is InChI=1S/C18H36N4O2.HI/c1-4-19-17(20-13-16-14-22(2)10-12-24-16)21-15-18(9-11-23-3)7-5-6-8-18;/h16H,4-15H2,1-3H3,(H2,19,20,21);1H. The van der Waals surface area contributed by atoms with Gasteiger partial charge in [0.1, 0.15) is 0 Å². The first-order valence-electron chi connectivity index (χ1n) is 9.49. The summed E-state index contributed by atoms with van der Waals surface area (Å²) in [5.41, 5.74) is 0.333. The van der Waals surface area contributed by atoms with Crippen LogP contribution in [-0.2, 0) is 9.47 Å². The molecular formula is C18H37IN4O2. The number of aliphatic imine (C=N–C) groups is 1. The van der Waals surface area contributed by atoms with Gasteiger partial charge in [0.2, 0.25) is 0 Å². The van der Waals surface area contributed by atoms with Crippen LogP contribution >= 0.6 is 24.0 Å². The van der Waals surface area contributed by atoms with Gasteiger partial charge in [0.25, 0.3) is 0 Å². The van der Waals surface area contributed by atoms with Crippen LogP contribution < -0.4 is 10.6 Å². The Morgan fingerprint density at radius 3 is 2.72 bits per heavy atom. The van der Waals surface area contributed by atoms with E-state index in [9.17, 15) is 0 Å². The monoisotopic (exact) mass is 468 g/mol. The van der Waals surface area contributed by atoms with E-state index in [1.165, 1.54) is 25.7 Å². The van der Waals surface area contributed by atoms with Gasteiger partial charge in [-0.05, 0) is 38.6 Å². The molecule has 2 fully saturated rings. The first-order chi connectivity index (χ1) is 11.7. The normalized spacial score (nSPS) is 24.0. The zero-order valence-electron chi connectivity index (χ0n) is 16.2. The lowest BCUT2D eigenvalue weighted by Gasteiger charge is -2.31. The van der Waals surface area contributed by atoms with Crippen molar-refractivity contribution >= 4 is 29.9 Å². The van der Waals surface area contributed by atoms with Gasteiger partial charge in [0, 0.05) is 46.4 Å². The summed E-state index contributed by atoms with van der Waals surface area (Å²) in [7, 11) is 3.94. The van der Waals surface area contributed by atoms with E-state index in [0.717, 1.165) is 58.3 Å². The van der Waals surface area contributed by atoms with Crippen LogP contribution in [0.5, 0.6) is 0 Å². The van der Waals surface area contributed by atoms with Crippen LogP contribution in [0.3, 0.4) is 0 Å². The third-order valence-electron chi connectivity index (χ3n) is 5.26. The molecule has 25 heavy (non-hydrogen) atoms. The Kier molecular flexibility index (Phi) is 11.3. The predicted octanol–water partition coefficient (Wildman–Crippen LogP) is 2.09. The summed E-state index contributed by atoms with van der Waals surface area (Å²) in [5, 5.41) is 6.83. The smallest absolute Gasteiger partial charge is 0.191 e. The highest BCUT2D eigenvalue weighted by Gasteiger charge is 2.33. The van der Waals surface area contributed by atoms with Crippen LogP contribution in [0.4, 0.5) is 0 Å². The van der Waals surface area contributed by atoms with E-state index in [-0.39, 0.29) is 30.1 Å². The maximum atomic E-state index is 5.82. The fourth-order valence-electron chi connectivity index (χ4n) is 3.72. The van der Waals surface area contributed by atoms with Crippen LogP contribution in [0, 0.1) is 5.41 Å². The van der Waals surface area contributed by atoms with Crippen LogP contribution in [0.2, 0.25) is 0 Å². The molecule has 0 aromatic heterocycles. The summed E-state index contributed by atoms with van der Waals surface area (Å²) in [6.45, 7) is 8.33. The van der Waals surface area contributed by atoms with E-state index < -0.39 is 0 Å². The molecule has 0 bridgehead atoms. The first-order valence-corrected chi connectivity index (χ1v) is 9.49. The number of halogens is 1. The summed E-state index contributed by atoms with van der Waals surface area (Å²) in [6.07, 6.45) is 6.55. The second-order valence-electron chi connectivity index (χ2n) is 7.28. The Bertz CT molecular complexity index is 389. The van der Waals surface area contributed by atoms with Crippen molar-refractivity contribution in [1.29, 1.82) is 0 Å². The number of likely N-dealkylation sites (N-methyl/N-ethyl adjacent to an activating group) is 1. The Morgan fingerprint density at radius 2 is 2.08 bits per heavy atom. The lowest BCUT2D eigenvalue weighted by Crippen LogP contribution is -2.48. The van der Waals surface area contributed by atoms with Gasteiger partial charge < -0.3 is 25.0 Å². The van der Waals surface area contributed by atoms with Gasteiger partial charge in [-0.2, -0.15) is 0 Å². The van der Waals surface area contributed by atoms with Gasteiger partial charge in [0.05, 0.1) is 12.7 Å². The molecule has 148 valence electrons. The quantitative estimate of drug-likeness (QED) is 0.325. The fourth-order valence-corrected chi connectivity index (χ4v) is 3.72. The van der Waals surface area contributed by atoms with Gasteiger partial charge in [-0.1, -0.05) is 12.8 Å². The van der Waals surface area contributed by atoms with Crippen LogP contribution in [0.25, 0.3) is 0 Å². The number of hydrogen-bond donors (Lipinski definition) is 2. The number of rotatable bonds is 8. The molecule has 1 atom stereocenters. The fraction of sp³-hybridized carbons (Fsp3) is 0.944. The molecule has 2 aliphatic rings. The van der Waals surface area contributed by atoms with Crippen molar-refractivity contribution in [3.05, 3.63) is 0 Å². The zero-order chi connectivity index (χ0) is 17.3. The maximum absolute atomic E-state index is 5.82. The van der Waals surface area contributed by atoms with Gasteiger partial charge >= 0.3 is 0 Å². The average Bonchev–Trinajstić information content (AvgIpc) is 3.05. The SMILES string of the molecule is CCNC(=NCC1(CCOC)CCCC1)NCC1CN(C)CCO1.I. The lowest BCUT2D eigenvalue weighted by molar-refractivity contribution is -0.0161. The number of nitrogens with one attached hydrogen (secondary N) is 2. The topological polar surface area (TPSA) is 58.1 Å². The molecule has 1 aliphatic carbocycles. The molecule has 0 spiro atoms. The summed E-state index contributed by atoms with van der Waals surface area (Å²) < 4.78 is 11.1. The average molecular weight is 468 g/mol. The van der Waals surface area contributed by atoms with Gasteiger partial charge in [-0.15, -0.1) is 24.0 Å². The third kappa shape index (κ3) is 7.97. The highest BCUT2D eigenvalue weighted by Crippen LogP contribution is 2.41. The van der Waals surface area contributed by atoms with Crippen molar-refractivity contribution in [2.75, 3.05) is 60.1 Å². The van der Waals surface area contributed by atoms with Crippen LogP contribution in [-0.4, -0.2) is 77.1 Å². The second-order valence-corrected chi connectivity index (χ2v) is 7.28. The molecule has 2 N–H and O–H groups in total. The summed E-state index contributed by atoms with van der Waals surface area (Å²) >= 11 is 0. The molecule has 1 unspecified atom stereocenters. The van der Waals surface area contributed by atoms with Crippen molar-refractivity contribution in [1.82, 2.24) is 15.5 Å². The molecular weight excluding hydrogens is 431 g/mol. The van der Waals surface area contributed by atoms with E-state index in [1.807, 2.05) is 0 Å². The molecule has 1 aliphatic heterocycles. The number of nitrogens with zero attached hydrogens (tertiary/aromatic N) is 2. The summed E-state index contributed by atoms with van der Waals surface area (Å²) in [5.74, 6) is 0.915. The molecule has 0 radical (unpaired) electrons.